The van der Waals surface area contributed by atoms with E-state index in [1.54, 1.807) is 0 Å². The fraction of sp³-hybridized carbons (Fsp3) is 0.357. The monoisotopic (exact) mass is 228 g/mol. The Morgan fingerprint density at radius 1 is 1.35 bits per heavy atom. The van der Waals surface area contributed by atoms with E-state index in [2.05, 4.69) is 36.3 Å². The summed E-state index contributed by atoms with van der Waals surface area (Å²) in [5, 5.41) is 4.07. The second-order valence-corrected chi connectivity index (χ2v) is 4.95. The molecular formula is C14H16N2O. The largest absolute Gasteiger partial charge is 0.395 e. The number of hydrogen-bond acceptors (Lipinski definition) is 3. The van der Waals surface area contributed by atoms with Crippen molar-refractivity contribution in [1.29, 1.82) is 0 Å². The molecule has 3 heteroatoms. The van der Waals surface area contributed by atoms with Gasteiger partial charge in [-0.1, -0.05) is 36.3 Å². The number of anilines is 1. The molecule has 0 spiro atoms. The average Bonchev–Trinajstić information content (AvgIpc) is 2.74. The maximum Gasteiger partial charge on any atom is 0.147 e. The highest BCUT2D eigenvalue weighted by Gasteiger charge is 2.28. The Labute approximate surface area is 101 Å². The van der Waals surface area contributed by atoms with Gasteiger partial charge in [0, 0.05) is 5.92 Å². The molecule has 2 unspecified atom stereocenters. The summed E-state index contributed by atoms with van der Waals surface area (Å²) in [6, 6.07) is 8.56. The third-order valence-electron chi connectivity index (χ3n) is 3.59. The summed E-state index contributed by atoms with van der Waals surface area (Å²) in [7, 11) is 0. The van der Waals surface area contributed by atoms with Crippen LogP contribution in [0.1, 0.15) is 36.1 Å². The lowest BCUT2D eigenvalue weighted by Gasteiger charge is -2.28. The molecule has 1 aromatic carbocycles. The van der Waals surface area contributed by atoms with Crippen molar-refractivity contribution in [3.8, 4) is 0 Å². The number of nitrogens with two attached hydrogens (primary N) is 1. The molecular weight excluding hydrogens is 212 g/mol. The SMILES string of the molecule is CC1Cc2ccccc2C(c2nocc2N)C1. The first-order valence-corrected chi connectivity index (χ1v) is 6.03. The van der Waals surface area contributed by atoms with Crippen LogP contribution in [0, 0.1) is 5.92 Å². The van der Waals surface area contributed by atoms with Crippen molar-refractivity contribution < 1.29 is 4.52 Å². The Balaban J connectivity index is 2.10. The van der Waals surface area contributed by atoms with E-state index in [9.17, 15) is 0 Å². The maximum absolute atomic E-state index is 5.92. The quantitative estimate of drug-likeness (QED) is 0.816. The van der Waals surface area contributed by atoms with Crippen molar-refractivity contribution in [3.05, 3.63) is 47.3 Å². The average molecular weight is 228 g/mol. The number of hydrogen-bond donors (Lipinski definition) is 1. The van der Waals surface area contributed by atoms with Crippen molar-refractivity contribution in [2.45, 2.75) is 25.7 Å². The summed E-state index contributed by atoms with van der Waals surface area (Å²) in [4.78, 5) is 0. The summed E-state index contributed by atoms with van der Waals surface area (Å²) in [5.41, 5.74) is 10.2. The van der Waals surface area contributed by atoms with E-state index >= 15 is 0 Å². The van der Waals surface area contributed by atoms with Gasteiger partial charge in [0.2, 0.25) is 0 Å². The smallest absolute Gasteiger partial charge is 0.147 e. The molecule has 0 fully saturated rings. The fourth-order valence-electron chi connectivity index (χ4n) is 2.82. The molecule has 2 N–H and O–H groups in total. The van der Waals surface area contributed by atoms with E-state index in [0.717, 1.165) is 18.5 Å². The Morgan fingerprint density at radius 2 is 2.18 bits per heavy atom. The van der Waals surface area contributed by atoms with Gasteiger partial charge >= 0.3 is 0 Å². The third kappa shape index (κ3) is 1.71. The zero-order chi connectivity index (χ0) is 11.8. The molecule has 1 aliphatic rings. The van der Waals surface area contributed by atoms with Crippen LogP contribution in [0.4, 0.5) is 5.69 Å². The van der Waals surface area contributed by atoms with Crippen LogP contribution in [0.25, 0.3) is 0 Å². The summed E-state index contributed by atoms with van der Waals surface area (Å²) >= 11 is 0. The van der Waals surface area contributed by atoms with Crippen LogP contribution in [0.2, 0.25) is 0 Å². The zero-order valence-corrected chi connectivity index (χ0v) is 9.89. The van der Waals surface area contributed by atoms with Crippen LogP contribution in [-0.2, 0) is 6.42 Å². The molecule has 0 aliphatic heterocycles. The standard InChI is InChI=1S/C14H16N2O/c1-9-6-10-4-2-3-5-11(10)12(7-9)14-13(15)8-17-16-14/h2-5,8-9,12H,6-7,15H2,1H3. The highest BCUT2D eigenvalue weighted by atomic mass is 16.5. The molecule has 0 bridgehead atoms. The van der Waals surface area contributed by atoms with Gasteiger partial charge in [0.1, 0.15) is 12.0 Å². The van der Waals surface area contributed by atoms with Crippen molar-refractivity contribution in [3.63, 3.8) is 0 Å². The molecule has 1 heterocycles. The molecule has 3 nitrogen and oxygen atoms in total. The molecule has 0 radical (unpaired) electrons. The van der Waals surface area contributed by atoms with E-state index in [1.165, 1.54) is 17.4 Å². The minimum absolute atomic E-state index is 0.286. The van der Waals surface area contributed by atoms with Crippen LogP contribution in [0.15, 0.2) is 35.1 Å². The van der Waals surface area contributed by atoms with Crippen LogP contribution in [0.3, 0.4) is 0 Å². The predicted molar refractivity (Wildman–Crippen MR) is 66.7 cm³/mol. The molecule has 88 valence electrons. The lowest BCUT2D eigenvalue weighted by atomic mass is 9.76. The normalized spacial score (nSPS) is 23.4. The van der Waals surface area contributed by atoms with Gasteiger partial charge in [-0.25, -0.2) is 0 Å². The van der Waals surface area contributed by atoms with E-state index in [0.29, 0.717) is 11.6 Å². The topological polar surface area (TPSA) is 52.0 Å². The molecule has 2 aromatic rings. The number of aromatic nitrogens is 1. The van der Waals surface area contributed by atoms with Gasteiger partial charge in [-0.05, 0) is 29.9 Å². The van der Waals surface area contributed by atoms with Gasteiger partial charge in [0.05, 0.1) is 5.69 Å². The minimum atomic E-state index is 0.286. The third-order valence-corrected chi connectivity index (χ3v) is 3.59. The van der Waals surface area contributed by atoms with Crippen molar-refractivity contribution in [2.75, 3.05) is 5.73 Å². The number of nitrogen functional groups attached to an aromatic ring is 1. The second-order valence-electron chi connectivity index (χ2n) is 4.95. The van der Waals surface area contributed by atoms with Gasteiger partial charge in [-0.2, -0.15) is 0 Å². The summed E-state index contributed by atoms with van der Waals surface area (Å²) < 4.78 is 4.97. The zero-order valence-electron chi connectivity index (χ0n) is 9.89. The summed E-state index contributed by atoms with van der Waals surface area (Å²) in [6.07, 6.45) is 3.76. The minimum Gasteiger partial charge on any atom is -0.395 e. The maximum atomic E-state index is 5.92. The first-order valence-electron chi connectivity index (χ1n) is 6.03. The number of benzene rings is 1. The highest BCUT2D eigenvalue weighted by Crippen LogP contribution is 2.40. The van der Waals surface area contributed by atoms with Crippen LogP contribution in [0.5, 0.6) is 0 Å². The Morgan fingerprint density at radius 3 is 2.94 bits per heavy atom. The lowest BCUT2D eigenvalue weighted by molar-refractivity contribution is 0.393. The second kappa shape index (κ2) is 3.91. The Hall–Kier alpha value is -1.77. The molecule has 0 saturated carbocycles. The van der Waals surface area contributed by atoms with Crippen molar-refractivity contribution in [1.82, 2.24) is 5.16 Å². The van der Waals surface area contributed by atoms with E-state index < -0.39 is 0 Å². The first kappa shape index (κ1) is 10.4. The van der Waals surface area contributed by atoms with E-state index in [-0.39, 0.29) is 5.92 Å². The molecule has 17 heavy (non-hydrogen) atoms. The van der Waals surface area contributed by atoms with Crippen molar-refractivity contribution in [2.24, 2.45) is 5.92 Å². The van der Waals surface area contributed by atoms with E-state index in [4.69, 9.17) is 10.3 Å². The molecule has 1 aromatic heterocycles. The predicted octanol–water partition coefficient (Wildman–Crippen LogP) is 2.97. The van der Waals surface area contributed by atoms with Gasteiger partial charge in [0.25, 0.3) is 0 Å². The lowest BCUT2D eigenvalue weighted by Crippen LogP contribution is -2.18. The Kier molecular flexibility index (Phi) is 2.39. The fourth-order valence-corrected chi connectivity index (χ4v) is 2.82. The van der Waals surface area contributed by atoms with Gasteiger partial charge in [-0.3, -0.25) is 0 Å². The van der Waals surface area contributed by atoms with Crippen LogP contribution in [-0.4, -0.2) is 5.16 Å². The number of rotatable bonds is 1. The first-order chi connectivity index (χ1) is 8.25. The van der Waals surface area contributed by atoms with Crippen molar-refractivity contribution >= 4 is 5.69 Å². The number of fused-ring (bicyclic) bond motifs is 1. The summed E-state index contributed by atoms with van der Waals surface area (Å²) in [6.45, 7) is 2.28. The molecule has 1 aliphatic carbocycles. The highest BCUT2D eigenvalue weighted by molar-refractivity contribution is 5.48. The Bertz CT molecular complexity index is 533. The van der Waals surface area contributed by atoms with Crippen LogP contribution < -0.4 is 5.73 Å². The van der Waals surface area contributed by atoms with Gasteiger partial charge < -0.3 is 10.3 Å². The molecule has 3 rings (SSSR count). The van der Waals surface area contributed by atoms with Gasteiger partial charge in [-0.15, -0.1) is 0 Å². The molecule has 0 saturated heterocycles. The van der Waals surface area contributed by atoms with Gasteiger partial charge in [0.15, 0.2) is 0 Å². The summed E-state index contributed by atoms with van der Waals surface area (Å²) in [5.74, 6) is 0.944. The van der Waals surface area contributed by atoms with Crippen LogP contribution >= 0.6 is 0 Å². The van der Waals surface area contributed by atoms with E-state index in [1.807, 2.05) is 0 Å². The number of nitrogens with zero attached hydrogens (tertiary/aromatic N) is 1. The molecule has 0 amide bonds. The molecule has 2 atom stereocenters.